The second kappa shape index (κ2) is 7.84. The van der Waals surface area contributed by atoms with Gasteiger partial charge in [-0.05, 0) is 60.7 Å². The minimum Gasteiger partial charge on any atom is -0.465 e. The summed E-state index contributed by atoms with van der Waals surface area (Å²) < 4.78 is 4.65. The van der Waals surface area contributed by atoms with Gasteiger partial charge in [-0.15, -0.1) is 0 Å². The standard InChI is InChI=1S/C22H24N2O4/c1-14(2)15-4-8-17(9-5-15)23-20(26)22(12-13-22)21(27)24-18-10-6-16(7-11-18)19(25)28-3/h4-11,14H,12-13H2,1-3H3,(H,23,26)(H,24,27). The van der Waals surface area contributed by atoms with Gasteiger partial charge in [0.15, 0.2) is 0 Å². The average molecular weight is 380 g/mol. The Morgan fingerprint density at radius 1 is 0.857 bits per heavy atom. The summed E-state index contributed by atoms with van der Waals surface area (Å²) in [6.07, 6.45) is 1.02. The van der Waals surface area contributed by atoms with E-state index in [9.17, 15) is 14.4 Å². The van der Waals surface area contributed by atoms with Crippen LogP contribution in [0.25, 0.3) is 0 Å². The van der Waals surface area contributed by atoms with Crippen molar-refractivity contribution in [1.29, 1.82) is 0 Å². The molecule has 0 unspecified atom stereocenters. The van der Waals surface area contributed by atoms with E-state index < -0.39 is 11.4 Å². The molecule has 0 heterocycles. The first kappa shape index (κ1) is 19.6. The van der Waals surface area contributed by atoms with E-state index in [4.69, 9.17) is 0 Å². The summed E-state index contributed by atoms with van der Waals surface area (Å²) in [5.74, 6) is -0.668. The lowest BCUT2D eigenvalue weighted by molar-refractivity contribution is -0.131. The number of amides is 2. The highest BCUT2D eigenvalue weighted by Gasteiger charge is 2.56. The van der Waals surface area contributed by atoms with Crippen molar-refractivity contribution in [3.8, 4) is 0 Å². The lowest BCUT2D eigenvalue weighted by Gasteiger charge is -2.16. The van der Waals surface area contributed by atoms with Crippen LogP contribution in [-0.2, 0) is 14.3 Å². The van der Waals surface area contributed by atoms with Crippen LogP contribution in [0.15, 0.2) is 48.5 Å². The summed E-state index contributed by atoms with van der Waals surface area (Å²) >= 11 is 0. The van der Waals surface area contributed by atoms with E-state index in [-0.39, 0.29) is 11.8 Å². The third-order valence-corrected chi connectivity index (χ3v) is 5.02. The van der Waals surface area contributed by atoms with Crippen molar-refractivity contribution in [3.63, 3.8) is 0 Å². The first-order valence-electron chi connectivity index (χ1n) is 9.27. The van der Waals surface area contributed by atoms with E-state index in [2.05, 4.69) is 29.2 Å². The van der Waals surface area contributed by atoms with Gasteiger partial charge in [-0.25, -0.2) is 4.79 Å². The summed E-state index contributed by atoms with van der Waals surface area (Å²) in [5.41, 5.74) is 1.74. The van der Waals surface area contributed by atoms with Gasteiger partial charge in [0.2, 0.25) is 11.8 Å². The van der Waals surface area contributed by atoms with Gasteiger partial charge >= 0.3 is 5.97 Å². The van der Waals surface area contributed by atoms with E-state index in [1.54, 1.807) is 24.3 Å². The van der Waals surface area contributed by atoms with Crippen molar-refractivity contribution in [2.75, 3.05) is 17.7 Å². The van der Waals surface area contributed by atoms with Gasteiger partial charge in [-0.2, -0.15) is 0 Å². The highest BCUT2D eigenvalue weighted by molar-refractivity contribution is 6.16. The molecule has 1 aliphatic rings. The molecule has 0 saturated heterocycles. The highest BCUT2D eigenvalue weighted by Crippen LogP contribution is 2.47. The summed E-state index contributed by atoms with van der Waals surface area (Å²) in [7, 11) is 1.31. The van der Waals surface area contributed by atoms with E-state index in [0.29, 0.717) is 35.7 Å². The molecule has 146 valence electrons. The largest absolute Gasteiger partial charge is 0.465 e. The van der Waals surface area contributed by atoms with Gasteiger partial charge in [0.1, 0.15) is 5.41 Å². The van der Waals surface area contributed by atoms with Crippen molar-refractivity contribution in [2.45, 2.75) is 32.6 Å². The SMILES string of the molecule is COC(=O)c1ccc(NC(=O)C2(C(=O)Nc3ccc(C(C)C)cc3)CC2)cc1. The summed E-state index contributed by atoms with van der Waals surface area (Å²) in [6, 6.07) is 14.0. The van der Waals surface area contributed by atoms with Crippen molar-refractivity contribution < 1.29 is 19.1 Å². The molecule has 2 amide bonds. The van der Waals surface area contributed by atoms with E-state index in [1.807, 2.05) is 24.3 Å². The van der Waals surface area contributed by atoms with Gasteiger partial charge in [0.05, 0.1) is 12.7 Å². The van der Waals surface area contributed by atoms with Gasteiger partial charge in [-0.3, -0.25) is 9.59 Å². The molecule has 0 aromatic heterocycles. The predicted molar refractivity (Wildman–Crippen MR) is 107 cm³/mol. The Hall–Kier alpha value is -3.15. The Morgan fingerprint density at radius 3 is 1.71 bits per heavy atom. The lowest BCUT2D eigenvalue weighted by atomic mass is 10.0. The molecule has 2 N–H and O–H groups in total. The number of carbonyl (C=O) groups is 3. The molecular formula is C22H24N2O4. The van der Waals surface area contributed by atoms with Gasteiger partial charge in [0.25, 0.3) is 0 Å². The summed E-state index contributed by atoms with van der Waals surface area (Å²) in [6.45, 7) is 4.21. The molecular weight excluding hydrogens is 356 g/mol. The van der Waals surface area contributed by atoms with Crippen molar-refractivity contribution in [2.24, 2.45) is 5.41 Å². The van der Waals surface area contributed by atoms with Crippen LogP contribution in [0.3, 0.4) is 0 Å². The lowest BCUT2D eigenvalue weighted by Crippen LogP contribution is -2.35. The van der Waals surface area contributed by atoms with E-state index >= 15 is 0 Å². The minimum absolute atomic E-state index is 0.298. The maximum Gasteiger partial charge on any atom is 0.337 e. The van der Waals surface area contributed by atoms with Crippen LogP contribution >= 0.6 is 0 Å². The molecule has 0 bridgehead atoms. The zero-order valence-electron chi connectivity index (χ0n) is 16.2. The van der Waals surface area contributed by atoms with Crippen LogP contribution in [0.2, 0.25) is 0 Å². The number of rotatable bonds is 6. The molecule has 2 aromatic rings. The Labute approximate surface area is 164 Å². The first-order chi connectivity index (χ1) is 13.4. The molecule has 3 rings (SSSR count). The summed E-state index contributed by atoms with van der Waals surface area (Å²) in [4.78, 5) is 36.9. The second-order valence-electron chi connectivity index (χ2n) is 7.34. The molecule has 0 radical (unpaired) electrons. The van der Waals surface area contributed by atoms with Gasteiger partial charge in [0, 0.05) is 11.4 Å². The third kappa shape index (κ3) is 4.06. The fourth-order valence-electron chi connectivity index (χ4n) is 2.94. The first-order valence-corrected chi connectivity index (χ1v) is 9.27. The van der Waals surface area contributed by atoms with Crippen LogP contribution in [0, 0.1) is 5.41 Å². The Morgan fingerprint density at radius 2 is 1.32 bits per heavy atom. The molecule has 28 heavy (non-hydrogen) atoms. The van der Waals surface area contributed by atoms with Crippen molar-refractivity contribution in [3.05, 3.63) is 59.7 Å². The molecule has 2 aromatic carbocycles. The molecule has 1 aliphatic carbocycles. The van der Waals surface area contributed by atoms with E-state index in [1.165, 1.54) is 12.7 Å². The Bertz CT molecular complexity index is 882. The number of nitrogens with one attached hydrogen (secondary N) is 2. The molecule has 1 saturated carbocycles. The number of anilines is 2. The fourth-order valence-corrected chi connectivity index (χ4v) is 2.94. The molecule has 1 fully saturated rings. The topological polar surface area (TPSA) is 84.5 Å². The zero-order chi connectivity index (χ0) is 20.3. The van der Waals surface area contributed by atoms with Crippen LogP contribution < -0.4 is 10.6 Å². The van der Waals surface area contributed by atoms with Crippen LogP contribution in [0.1, 0.15) is 48.5 Å². The number of hydrogen-bond donors (Lipinski definition) is 2. The summed E-state index contributed by atoms with van der Waals surface area (Å²) in [5, 5.41) is 5.62. The van der Waals surface area contributed by atoms with Crippen LogP contribution in [-0.4, -0.2) is 24.9 Å². The highest BCUT2D eigenvalue weighted by atomic mass is 16.5. The van der Waals surface area contributed by atoms with Gasteiger partial charge < -0.3 is 15.4 Å². The monoisotopic (exact) mass is 380 g/mol. The van der Waals surface area contributed by atoms with Crippen LogP contribution in [0.4, 0.5) is 11.4 Å². The Balaban J connectivity index is 1.64. The molecule has 6 nitrogen and oxygen atoms in total. The van der Waals surface area contributed by atoms with Crippen molar-refractivity contribution >= 4 is 29.2 Å². The Kier molecular flexibility index (Phi) is 5.49. The maximum absolute atomic E-state index is 12.7. The smallest absolute Gasteiger partial charge is 0.337 e. The second-order valence-corrected chi connectivity index (χ2v) is 7.34. The number of ether oxygens (including phenoxy) is 1. The number of benzene rings is 2. The third-order valence-electron chi connectivity index (χ3n) is 5.02. The number of hydrogen-bond acceptors (Lipinski definition) is 4. The molecule has 0 spiro atoms. The quantitative estimate of drug-likeness (QED) is 0.587. The molecule has 0 aliphatic heterocycles. The number of methoxy groups -OCH3 is 1. The number of carbonyl (C=O) groups excluding carboxylic acids is 3. The van der Waals surface area contributed by atoms with Crippen LogP contribution in [0.5, 0.6) is 0 Å². The zero-order valence-corrected chi connectivity index (χ0v) is 16.2. The molecule has 0 atom stereocenters. The fraction of sp³-hybridized carbons (Fsp3) is 0.318. The molecule has 6 heteroatoms. The number of esters is 1. The van der Waals surface area contributed by atoms with Gasteiger partial charge in [-0.1, -0.05) is 26.0 Å². The maximum atomic E-state index is 12.7. The predicted octanol–water partition coefficient (Wildman–Crippen LogP) is 3.95. The normalized spacial score (nSPS) is 14.3. The minimum atomic E-state index is -1.04. The van der Waals surface area contributed by atoms with Crippen molar-refractivity contribution in [1.82, 2.24) is 0 Å². The average Bonchev–Trinajstić information content (AvgIpc) is 3.50. The van der Waals surface area contributed by atoms with E-state index in [0.717, 1.165) is 0 Å².